The molecule has 0 aliphatic heterocycles. The molecule has 3 atom stereocenters. The Labute approximate surface area is 163 Å². The number of amides is 3. The Morgan fingerprint density at radius 2 is 1.74 bits per heavy atom. The van der Waals surface area contributed by atoms with Gasteiger partial charge in [0.05, 0.1) is 12.6 Å². The van der Waals surface area contributed by atoms with Crippen molar-refractivity contribution in [3.63, 3.8) is 0 Å². The number of thioether (sulfide) groups is 1. The van der Waals surface area contributed by atoms with E-state index in [1.165, 1.54) is 6.92 Å². The van der Waals surface area contributed by atoms with Gasteiger partial charge in [-0.1, -0.05) is 0 Å². The maximum absolute atomic E-state index is 12.3. The zero-order valence-corrected chi connectivity index (χ0v) is 16.6. The number of nitrogens with two attached hydrogens (primary N) is 2. The summed E-state index contributed by atoms with van der Waals surface area (Å²) in [6.07, 6.45) is 4.06. The van der Waals surface area contributed by atoms with Crippen molar-refractivity contribution < 1.29 is 24.3 Å². The maximum Gasteiger partial charge on any atom is 0.325 e. The first kappa shape index (κ1) is 25.1. The van der Waals surface area contributed by atoms with E-state index in [-0.39, 0.29) is 0 Å². The summed E-state index contributed by atoms with van der Waals surface area (Å²) in [5.41, 5.74) is 11.3. The summed E-state index contributed by atoms with van der Waals surface area (Å²) in [5.74, 6) is -2.06. The van der Waals surface area contributed by atoms with Crippen molar-refractivity contribution in [2.45, 2.75) is 50.7 Å². The molecule has 0 aliphatic carbocycles. The largest absolute Gasteiger partial charge is 0.480 e. The topological polar surface area (TPSA) is 177 Å². The monoisotopic (exact) mass is 405 g/mol. The quantitative estimate of drug-likeness (QED) is 0.187. The van der Waals surface area contributed by atoms with Gasteiger partial charge >= 0.3 is 5.97 Å². The molecule has 11 heteroatoms. The van der Waals surface area contributed by atoms with E-state index in [2.05, 4.69) is 16.0 Å². The zero-order valence-electron chi connectivity index (χ0n) is 15.8. The van der Waals surface area contributed by atoms with Gasteiger partial charge in [0.15, 0.2) is 0 Å². The molecule has 10 nitrogen and oxygen atoms in total. The Hall–Kier alpha value is -1.85. The molecule has 0 heterocycles. The van der Waals surface area contributed by atoms with Gasteiger partial charge in [-0.15, -0.1) is 0 Å². The highest BCUT2D eigenvalue weighted by Gasteiger charge is 2.24. The number of carboxylic acids is 1. The van der Waals surface area contributed by atoms with Crippen molar-refractivity contribution in [3.05, 3.63) is 0 Å². The number of carbonyl (C=O) groups is 4. The van der Waals surface area contributed by atoms with Gasteiger partial charge in [-0.3, -0.25) is 19.2 Å². The zero-order chi connectivity index (χ0) is 20.8. The second-order valence-electron chi connectivity index (χ2n) is 6.08. The van der Waals surface area contributed by atoms with Gasteiger partial charge in [0.25, 0.3) is 0 Å². The number of nitrogens with one attached hydrogen (secondary N) is 3. The summed E-state index contributed by atoms with van der Waals surface area (Å²) < 4.78 is 0. The second kappa shape index (κ2) is 14.2. The van der Waals surface area contributed by atoms with Crippen LogP contribution in [0.1, 0.15) is 32.6 Å². The molecule has 27 heavy (non-hydrogen) atoms. The molecule has 156 valence electrons. The second-order valence-corrected chi connectivity index (χ2v) is 7.06. The smallest absolute Gasteiger partial charge is 0.325 e. The summed E-state index contributed by atoms with van der Waals surface area (Å²) in [5, 5.41) is 16.0. The van der Waals surface area contributed by atoms with Crippen LogP contribution in [-0.2, 0) is 19.2 Å². The first-order chi connectivity index (χ1) is 12.7. The van der Waals surface area contributed by atoms with Gasteiger partial charge in [-0.05, 0) is 51.2 Å². The molecule has 8 N–H and O–H groups in total. The summed E-state index contributed by atoms with van der Waals surface area (Å²) in [6, 6.07) is -2.63. The fourth-order valence-electron chi connectivity index (χ4n) is 2.06. The highest BCUT2D eigenvalue weighted by molar-refractivity contribution is 7.98. The molecule has 0 radical (unpaired) electrons. The molecule has 0 bridgehead atoms. The van der Waals surface area contributed by atoms with Gasteiger partial charge in [0, 0.05) is 0 Å². The molecule has 3 unspecified atom stereocenters. The number of aliphatic carboxylic acids is 1. The summed E-state index contributed by atoms with van der Waals surface area (Å²) in [7, 11) is 0. The van der Waals surface area contributed by atoms with Crippen molar-refractivity contribution in [1.29, 1.82) is 0 Å². The lowest BCUT2D eigenvalue weighted by Gasteiger charge is -2.20. The van der Waals surface area contributed by atoms with E-state index in [9.17, 15) is 19.2 Å². The molecule has 0 aliphatic rings. The highest BCUT2D eigenvalue weighted by Crippen LogP contribution is 2.03. The van der Waals surface area contributed by atoms with Crippen LogP contribution in [0.3, 0.4) is 0 Å². The lowest BCUT2D eigenvalue weighted by Crippen LogP contribution is -2.53. The van der Waals surface area contributed by atoms with Crippen molar-refractivity contribution >= 4 is 35.5 Å². The van der Waals surface area contributed by atoms with Crippen LogP contribution in [0.5, 0.6) is 0 Å². The minimum absolute atomic E-state index is 0.358. The van der Waals surface area contributed by atoms with E-state index < -0.39 is 48.4 Å². The van der Waals surface area contributed by atoms with Gasteiger partial charge < -0.3 is 32.5 Å². The SMILES string of the molecule is CSCCC(N)C(=O)NC(CCCCN)C(=O)NCC(=O)NC(C)C(=O)O. The molecular formula is C16H31N5O5S. The van der Waals surface area contributed by atoms with Gasteiger partial charge in [-0.25, -0.2) is 0 Å². The first-order valence-corrected chi connectivity index (χ1v) is 10.2. The first-order valence-electron chi connectivity index (χ1n) is 8.77. The molecule has 0 aromatic rings. The van der Waals surface area contributed by atoms with E-state index in [4.69, 9.17) is 16.6 Å². The summed E-state index contributed by atoms with van der Waals surface area (Å²) >= 11 is 1.57. The molecule has 0 aromatic carbocycles. The molecule has 0 saturated heterocycles. The molecule has 0 fully saturated rings. The van der Waals surface area contributed by atoms with Crippen molar-refractivity contribution in [1.82, 2.24) is 16.0 Å². The number of carboxylic acid groups (broad SMARTS) is 1. The Bertz CT molecular complexity index is 506. The third kappa shape index (κ3) is 11.5. The molecular weight excluding hydrogens is 374 g/mol. The van der Waals surface area contributed by atoms with Crippen LogP contribution in [-0.4, -0.2) is 72.0 Å². The Balaban J connectivity index is 4.67. The third-order valence-electron chi connectivity index (χ3n) is 3.72. The van der Waals surface area contributed by atoms with Crippen LogP contribution in [0.25, 0.3) is 0 Å². The van der Waals surface area contributed by atoms with Gasteiger partial charge in [0.1, 0.15) is 12.1 Å². The Morgan fingerprint density at radius 1 is 1.07 bits per heavy atom. The standard InChI is InChI=1S/C16H31N5O5S/c1-10(16(25)26)20-13(22)9-19-15(24)12(5-3-4-7-17)21-14(23)11(18)6-8-27-2/h10-12H,3-9,17-18H2,1-2H3,(H,19,24)(H,20,22)(H,21,23)(H,25,26). The normalized spacial score (nSPS) is 13.9. The molecule has 3 amide bonds. The Morgan fingerprint density at radius 3 is 2.30 bits per heavy atom. The number of rotatable bonds is 14. The van der Waals surface area contributed by atoms with Crippen LogP contribution in [0.15, 0.2) is 0 Å². The minimum atomic E-state index is -1.18. The summed E-state index contributed by atoms with van der Waals surface area (Å²) in [4.78, 5) is 46.9. The number of hydrogen-bond acceptors (Lipinski definition) is 7. The summed E-state index contributed by atoms with van der Waals surface area (Å²) in [6.45, 7) is 1.39. The van der Waals surface area contributed by atoms with E-state index in [1.807, 2.05) is 6.26 Å². The Kier molecular flexibility index (Phi) is 13.3. The van der Waals surface area contributed by atoms with Gasteiger partial charge in [0.2, 0.25) is 17.7 Å². The maximum atomic E-state index is 12.3. The predicted molar refractivity (Wildman–Crippen MR) is 104 cm³/mol. The van der Waals surface area contributed by atoms with Crippen LogP contribution in [0, 0.1) is 0 Å². The van der Waals surface area contributed by atoms with E-state index in [0.717, 1.165) is 5.75 Å². The molecule has 0 spiro atoms. The average molecular weight is 406 g/mol. The highest BCUT2D eigenvalue weighted by atomic mass is 32.2. The lowest BCUT2D eigenvalue weighted by molar-refractivity contribution is -0.141. The van der Waals surface area contributed by atoms with Crippen LogP contribution in [0.4, 0.5) is 0 Å². The van der Waals surface area contributed by atoms with Crippen LogP contribution in [0.2, 0.25) is 0 Å². The third-order valence-corrected chi connectivity index (χ3v) is 4.36. The molecule has 0 saturated carbocycles. The van der Waals surface area contributed by atoms with Gasteiger partial charge in [-0.2, -0.15) is 11.8 Å². The van der Waals surface area contributed by atoms with Crippen LogP contribution < -0.4 is 27.4 Å². The van der Waals surface area contributed by atoms with Crippen molar-refractivity contribution in [2.75, 3.05) is 25.1 Å². The number of carbonyl (C=O) groups excluding carboxylic acids is 3. The van der Waals surface area contributed by atoms with Crippen LogP contribution >= 0.6 is 11.8 Å². The van der Waals surface area contributed by atoms with E-state index in [0.29, 0.717) is 32.2 Å². The van der Waals surface area contributed by atoms with E-state index in [1.54, 1.807) is 11.8 Å². The predicted octanol–water partition coefficient (Wildman–Crippen LogP) is -1.61. The van der Waals surface area contributed by atoms with E-state index >= 15 is 0 Å². The average Bonchev–Trinajstić information content (AvgIpc) is 2.62. The fourth-order valence-corrected chi connectivity index (χ4v) is 2.55. The number of hydrogen-bond donors (Lipinski definition) is 6. The molecule has 0 aromatic heterocycles. The van der Waals surface area contributed by atoms with Crippen molar-refractivity contribution in [2.24, 2.45) is 11.5 Å². The minimum Gasteiger partial charge on any atom is -0.480 e. The fraction of sp³-hybridized carbons (Fsp3) is 0.750. The lowest BCUT2D eigenvalue weighted by atomic mass is 10.1. The van der Waals surface area contributed by atoms with Crippen molar-refractivity contribution in [3.8, 4) is 0 Å². The molecule has 0 rings (SSSR count). The number of unbranched alkanes of at least 4 members (excludes halogenated alkanes) is 1.